The molecule has 106 valence electrons. The third-order valence-electron chi connectivity index (χ3n) is 4.20. The summed E-state index contributed by atoms with van der Waals surface area (Å²) in [6.07, 6.45) is 3.39. The molecule has 1 saturated carbocycles. The van der Waals surface area contributed by atoms with Crippen molar-refractivity contribution in [3.8, 4) is 0 Å². The Labute approximate surface area is 112 Å². The van der Waals surface area contributed by atoms with Crippen molar-refractivity contribution >= 4 is 11.8 Å². The molecular formula is C13H21N3O3. The fourth-order valence-corrected chi connectivity index (χ4v) is 2.91. The van der Waals surface area contributed by atoms with Crippen LogP contribution < -0.4 is 5.73 Å². The van der Waals surface area contributed by atoms with Crippen molar-refractivity contribution in [2.75, 3.05) is 26.2 Å². The summed E-state index contributed by atoms with van der Waals surface area (Å²) in [4.78, 5) is 27.8. The summed E-state index contributed by atoms with van der Waals surface area (Å²) >= 11 is 0. The number of ether oxygens (including phenoxy) is 1. The Morgan fingerprint density at radius 3 is 2.63 bits per heavy atom. The van der Waals surface area contributed by atoms with E-state index in [0.29, 0.717) is 25.7 Å². The Hall–Kier alpha value is -1.14. The van der Waals surface area contributed by atoms with Gasteiger partial charge in [-0.05, 0) is 25.7 Å². The SMILES string of the molecule is NC[C@H]1CC[C@@H](C(=O)N2CCN(C3CC3)C(=O)C2)O1. The zero-order valence-electron chi connectivity index (χ0n) is 11.1. The minimum Gasteiger partial charge on any atom is -0.364 e. The highest BCUT2D eigenvalue weighted by molar-refractivity contribution is 5.88. The van der Waals surface area contributed by atoms with E-state index >= 15 is 0 Å². The first-order valence-corrected chi connectivity index (χ1v) is 7.13. The van der Waals surface area contributed by atoms with Gasteiger partial charge in [-0.2, -0.15) is 0 Å². The van der Waals surface area contributed by atoms with Gasteiger partial charge in [-0.1, -0.05) is 0 Å². The molecule has 6 heteroatoms. The normalized spacial score (nSPS) is 31.9. The topological polar surface area (TPSA) is 75.9 Å². The molecule has 3 fully saturated rings. The van der Waals surface area contributed by atoms with Crippen LogP contribution in [0.1, 0.15) is 25.7 Å². The minimum atomic E-state index is -0.395. The lowest BCUT2D eigenvalue weighted by atomic mass is 10.1. The molecule has 2 saturated heterocycles. The lowest BCUT2D eigenvalue weighted by molar-refractivity contribution is -0.152. The van der Waals surface area contributed by atoms with E-state index < -0.39 is 6.10 Å². The van der Waals surface area contributed by atoms with Crippen LogP contribution in [0, 0.1) is 0 Å². The fourth-order valence-electron chi connectivity index (χ4n) is 2.91. The molecule has 0 unspecified atom stereocenters. The third kappa shape index (κ3) is 2.60. The van der Waals surface area contributed by atoms with Crippen LogP contribution >= 0.6 is 0 Å². The molecule has 2 amide bonds. The van der Waals surface area contributed by atoms with Gasteiger partial charge in [0.2, 0.25) is 5.91 Å². The highest BCUT2D eigenvalue weighted by Gasteiger charge is 2.39. The van der Waals surface area contributed by atoms with E-state index in [1.165, 1.54) is 0 Å². The van der Waals surface area contributed by atoms with Gasteiger partial charge in [-0.25, -0.2) is 0 Å². The largest absolute Gasteiger partial charge is 0.364 e. The van der Waals surface area contributed by atoms with Crippen LogP contribution in [0.5, 0.6) is 0 Å². The van der Waals surface area contributed by atoms with E-state index in [1.54, 1.807) is 4.90 Å². The molecule has 0 aromatic carbocycles. The highest BCUT2D eigenvalue weighted by atomic mass is 16.5. The Morgan fingerprint density at radius 2 is 2.05 bits per heavy atom. The summed E-state index contributed by atoms with van der Waals surface area (Å²) in [5.74, 6) is 0.0372. The molecule has 2 heterocycles. The summed E-state index contributed by atoms with van der Waals surface area (Å²) in [7, 11) is 0. The standard InChI is InChI=1S/C13H21N3O3/c14-7-10-3-4-11(19-10)13(18)15-5-6-16(9-1-2-9)12(17)8-15/h9-11H,1-8,14H2/t10-,11+/m1/s1. The predicted octanol–water partition coefficient (Wildman–Crippen LogP) is -0.674. The van der Waals surface area contributed by atoms with Crippen molar-refractivity contribution < 1.29 is 14.3 Å². The van der Waals surface area contributed by atoms with Crippen LogP contribution in [0.25, 0.3) is 0 Å². The maximum absolute atomic E-state index is 12.3. The summed E-state index contributed by atoms with van der Waals surface area (Å²) in [6, 6.07) is 0.439. The zero-order valence-corrected chi connectivity index (χ0v) is 11.1. The molecule has 19 heavy (non-hydrogen) atoms. The average Bonchev–Trinajstić information content (AvgIpc) is 3.14. The maximum Gasteiger partial charge on any atom is 0.252 e. The van der Waals surface area contributed by atoms with E-state index in [9.17, 15) is 9.59 Å². The second-order valence-corrected chi connectivity index (χ2v) is 5.64. The minimum absolute atomic E-state index is 0.00240. The van der Waals surface area contributed by atoms with E-state index in [2.05, 4.69) is 0 Å². The second-order valence-electron chi connectivity index (χ2n) is 5.64. The molecule has 0 spiro atoms. The monoisotopic (exact) mass is 267 g/mol. The first kappa shape index (κ1) is 12.9. The van der Waals surface area contributed by atoms with Crippen LogP contribution in [0.4, 0.5) is 0 Å². The van der Waals surface area contributed by atoms with Crippen molar-refractivity contribution in [1.29, 1.82) is 0 Å². The highest BCUT2D eigenvalue weighted by Crippen LogP contribution is 2.28. The van der Waals surface area contributed by atoms with Gasteiger partial charge in [-0.3, -0.25) is 9.59 Å². The van der Waals surface area contributed by atoms with Crippen molar-refractivity contribution in [2.24, 2.45) is 5.73 Å². The summed E-state index contributed by atoms with van der Waals surface area (Å²) in [5.41, 5.74) is 5.54. The van der Waals surface area contributed by atoms with Gasteiger partial charge < -0.3 is 20.3 Å². The number of nitrogens with zero attached hydrogens (tertiary/aromatic N) is 2. The van der Waals surface area contributed by atoms with E-state index in [0.717, 1.165) is 25.7 Å². The lowest BCUT2D eigenvalue weighted by Crippen LogP contribution is -2.55. The molecule has 2 aliphatic heterocycles. The first-order chi connectivity index (χ1) is 9.19. The van der Waals surface area contributed by atoms with Crippen LogP contribution in [0.2, 0.25) is 0 Å². The summed E-state index contributed by atoms with van der Waals surface area (Å²) < 4.78 is 5.61. The molecular weight excluding hydrogens is 246 g/mol. The number of carbonyl (C=O) groups is 2. The van der Waals surface area contributed by atoms with Gasteiger partial charge in [-0.15, -0.1) is 0 Å². The number of piperazine rings is 1. The number of hydrogen-bond donors (Lipinski definition) is 1. The summed E-state index contributed by atoms with van der Waals surface area (Å²) in [5, 5.41) is 0. The van der Waals surface area contributed by atoms with Crippen LogP contribution in [0.15, 0.2) is 0 Å². The Bertz CT molecular complexity index is 383. The molecule has 0 aromatic rings. The van der Waals surface area contributed by atoms with E-state index in [1.807, 2.05) is 4.90 Å². The number of nitrogens with two attached hydrogens (primary N) is 1. The maximum atomic E-state index is 12.3. The van der Waals surface area contributed by atoms with E-state index in [-0.39, 0.29) is 24.5 Å². The molecule has 2 N–H and O–H groups in total. The molecule has 0 bridgehead atoms. The van der Waals surface area contributed by atoms with Gasteiger partial charge in [0.25, 0.3) is 5.91 Å². The molecule has 0 aromatic heterocycles. The quantitative estimate of drug-likeness (QED) is 0.735. The molecule has 6 nitrogen and oxygen atoms in total. The predicted molar refractivity (Wildman–Crippen MR) is 68.3 cm³/mol. The smallest absolute Gasteiger partial charge is 0.252 e. The average molecular weight is 267 g/mol. The summed E-state index contributed by atoms with van der Waals surface area (Å²) in [6.45, 7) is 1.97. The van der Waals surface area contributed by atoms with Gasteiger partial charge in [0.15, 0.2) is 0 Å². The Balaban J connectivity index is 1.55. The van der Waals surface area contributed by atoms with E-state index in [4.69, 9.17) is 10.5 Å². The Morgan fingerprint density at radius 1 is 1.26 bits per heavy atom. The first-order valence-electron chi connectivity index (χ1n) is 7.13. The van der Waals surface area contributed by atoms with Gasteiger partial charge in [0.1, 0.15) is 6.10 Å². The lowest BCUT2D eigenvalue weighted by Gasteiger charge is -2.35. The van der Waals surface area contributed by atoms with Crippen LogP contribution in [0.3, 0.4) is 0 Å². The molecule has 0 radical (unpaired) electrons. The van der Waals surface area contributed by atoms with Crippen molar-refractivity contribution in [3.05, 3.63) is 0 Å². The van der Waals surface area contributed by atoms with Crippen molar-refractivity contribution in [1.82, 2.24) is 9.80 Å². The number of amides is 2. The van der Waals surface area contributed by atoms with Gasteiger partial charge in [0, 0.05) is 25.7 Å². The molecule has 3 rings (SSSR count). The van der Waals surface area contributed by atoms with Gasteiger partial charge >= 0.3 is 0 Å². The molecule has 2 atom stereocenters. The zero-order chi connectivity index (χ0) is 13.4. The number of hydrogen-bond acceptors (Lipinski definition) is 4. The third-order valence-corrected chi connectivity index (χ3v) is 4.20. The molecule has 1 aliphatic carbocycles. The van der Waals surface area contributed by atoms with Crippen molar-refractivity contribution in [2.45, 2.75) is 43.9 Å². The molecule has 3 aliphatic rings. The van der Waals surface area contributed by atoms with Crippen molar-refractivity contribution in [3.63, 3.8) is 0 Å². The fraction of sp³-hybridized carbons (Fsp3) is 0.846. The Kier molecular flexibility index (Phi) is 3.45. The number of rotatable bonds is 3. The van der Waals surface area contributed by atoms with Gasteiger partial charge in [0.05, 0.1) is 12.6 Å². The van der Waals surface area contributed by atoms with Crippen LogP contribution in [-0.4, -0.2) is 66.0 Å². The number of carbonyl (C=O) groups excluding carboxylic acids is 2. The second kappa shape index (κ2) is 5.09. The van der Waals surface area contributed by atoms with Crippen LogP contribution in [-0.2, 0) is 14.3 Å².